The minimum Gasteiger partial charge on any atom is -0.456 e. The molecule has 24 heavy (non-hydrogen) atoms. The lowest BCUT2D eigenvalue weighted by Gasteiger charge is -2.09. The van der Waals surface area contributed by atoms with Crippen molar-refractivity contribution in [3.05, 3.63) is 5.82 Å². The Morgan fingerprint density at radius 3 is 2.71 bits per heavy atom. The first-order chi connectivity index (χ1) is 11.6. The molecule has 0 atom stereocenters. The van der Waals surface area contributed by atoms with Gasteiger partial charge in [0, 0.05) is 25.9 Å². The summed E-state index contributed by atoms with van der Waals surface area (Å²) in [6, 6.07) is 0. The Morgan fingerprint density at radius 2 is 1.83 bits per heavy atom. The molecule has 2 rings (SSSR count). The number of nitrogens with one attached hydrogen (secondary N) is 2. The molecule has 0 saturated carbocycles. The zero-order chi connectivity index (χ0) is 17.2. The molecule has 0 aliphatic carbocycles. The van der Waals surface area contributed by atoms with Gasteiger partial charge in [-0.2, -0.15) is 0 Å². The van der Waals surface area contributed by atoms with Crippen LogP contribution < -0.4 is 10.6 Å². The van der Waals surface area contributed by atoms with Crippen LogP contribution in [-0.4, -0.2) is 51.1 Å². The fourth-order valence-electron chi connectivity index (χ4n) is 2.24. The predicted molar refractivity (Wildman–Crippen MR) is 81.3 cm³/mol. The fraction of sp³-hybridized carbons (Fsp3) is 0.714. The number of cyclic esters (lactones) is 1. The monoisotopic (exact) mass is 338 g/mol. The molecule has 0 aromatic carbocycles. The molecular weight excluding hydrogens is 316 g/mol. The van der Waals surface area contributed by atoms with Crippen LogP contribution in [0.3, 0.4) is 0 Å². The number of rotatable bonds is 0. The van der Waals surface area contributed by atoms with Crippen molar-refractivity contribution >= 4 is 17.8 Å². The summed E-state index contributed by atoms with van der Waals surface area (Å²) in [6.45, 7) is 0.959. The van der Waals surface area contributed by atoms with Gasteiger partial charge in [-0.15, -0.1) is 5.10 Å². The summed E-state index contributed by atoms with van der Waals surface area (Å²) in [6.07, 6.45) is 3.35. The first-order valence-electron chi connectivity index (χ1n) is 8.09. The SMILES string of the molecule is O=C1CCCNC(=O)COC(=O)CCCCCn2nnnc2CN1. The van der Waals surface area contributed by atoms with Crippen molar-refractivity contribution in [3.8, 4) is 0 Å². The van der Waals surface area contributed by atoms with E-state index in [1.165, 1.54) is 0 Å². The summed E-state index contributed by atoms with van der Waals surface area (Å²) in [4.78, 5) is 34.8. The molecule has 10 heteroatoms. The van der Waals surface area contributed by atoms with Crippen molar-refractivity contribution in [1.82, 2.24) is 30.8 Å². The van der Waals surface area contributed by atoms with Crippen LogP contribution in [0.5, 0.6) is 0 Å². The van der Waals surface area contributed by atoms with E-state index in [1.807, 2.05) is 0 Å². The highest BCUT2D eigenvalue weighted by molar-refractivity contribution is 5.80. The number of carbonyl (C=O) groups is 3. The van der Waals surface area contributed by atoms with Crippen LogP contribution >= 0.6 is 0 Å². The molecule has 0 fully saturated rings. The number of amides is 2. The lowest BCUT2D eigenvalue weighted by molar-refractivity contribution is -0.148. The molecule has 0 unspecified atom stereocenters. The van der Waals surface area contributed by atoms with E-state index >= 15 is 0 Å². The molecule has 1 aliphatic rings. The number of carbonyl (C=O) groups excluding carboxylic acids is 3. The highest BCUT2D eigenvalue weighted by Gasteiger charge is 2.10. The van der Waals surface area contributed by atoms with Crippen molar-refractivity contribution in [1.29, 1.82) is 0 Å². The Balaban J connectivity index is 1.88. The maximum absolute atomic E-state index is 11.8. The van der Waals surface area contributed by atoms with Gasteiger partial charge in [0.15, 0.2) is 12.4 Å². The van der Waals surface area contributed by atoms with Crippen molar-refractivity contribution in [2.45, 2.75) is 51.6 Å². The third-order valence-electron chi connectivity index (χ3n) is 3.57. The Morgan fingerprint density at radius 1 is 0.958 bits per heavy atom. The molecule has 0 radical (unpaired) electrons. The first-order valence-corrected chi connectivity index (χ1v) is 8.09. The summed E-state index contributed by atoms with van der Waals surface area (Å²) in [5.41, 5.74) is 0. The second-order valence-electron chi connectivity index (χ2n) is 5.52. The van der Waals surface area contributed by atoms with E-state index in [0.717, 1.165) is 12.8 Å². The molecule has 2 N–H and O–H groups in total. The van der Waals surface area contributed by atoms with Crippen LogP contribution in [0.4, 0.5) is 0 Å². The molecule has 0 saturated heterocycles. The lowest BCUT2D eigenvalue weighted by atomic mass is 10.2. The van der Waals surface area contributed by atoms with Gasteiger partial charge >= 0.3 is 5.97 Å². The Kier molecular flexibility index (Phi) is 7.12. The van der Waals surface area contributed by atoms with Crippen LogP contribution in [0.2, 0.25) is 0 Å². The standard InChI is InChI=1S/C14H22N6O4/c21-12-5-4-7-15-13(22)10-24-14(23)6-2-1-3-8-20-11(9-16-12)17-18-19-20/h1-10H2,(H,15,22)(H,16,21). The van der Waals surface area contributed by atoms with Crippen LogP contribution in [0.1, 0.15) is 44.3 Å². The minimum atomic E-state index is -0.381. The Labute approximate surface area is 139 Å². The molecule has 0 bridgehead atoms. The van der Waals surface area contributed by atoms with Gasteiger partial charge in [-0.1, -0.05) is 6.42 Å². The average Bonchev–Trinajstić information content (AvgIpc) is 3.01. The van der Waals surface area contributed by atoms with Gasteiger partial charge in [-0.05, 0) is 29.7 Å². The molecule has 1 aromatic rings. The summed E-state index contributed by atoms with van der Waals surface area (Å²) in [5, 5.41) is 16.8. The van der Waals surface area contributed by atoms with E-state index in [2.05, 4.69) is 26.2 Å². The third-order valence-corrected chi connectivity index (χ3v) is 3.57. The predicted octanol–water partition coefficient (Wildman–Crippen LogP) is -0.697. The van der Waals surface area contributed by atoms with E-state index in [-0.39, 0.29) is 43.8 Å². The molecule has 132 valence electrons. The summed E-state index contributed by atoms with van der Waals surface area (Å²) < 4.78 is 6.55. The largest absolute Gasteiger partial charge is 0.456 e. The number of hydrogen-bond donors (Lipinski definition) is 2. The van der Waals surface area contributed by atoms with Gasteiger partial charge in [0.1, 0.15) is 0 Å². The number of aromatic nitrogens is 4. The maximum Gasteiger partial charge on any atom is 0.306 e. The van der Waals surface area contributed by atoms with E-state index in [1.54, 1.807) is 4.68 Å². The van der Waals surface area contributed by atoms with Crippen molar-refractivity contribution in [2.24, 2.45) is 0 Å². The molecule has 2 amide bonds. The average molecular weight is 338 g/mol. The number of tetrazole rings is 1. The van der Waals surface area contributed by atoms with Crippen LogP contribution in [0.25, 0.3) is 0 Å². The van der Waals surface area contributed by atoms with Gasteiger partial charge in [0.25, 0.3) is 5.91 Å². The second kappa shape index (κ2) is 9.58. The highest BCUT2D eigenvalue weighted by Crippen LogP contribution is 2.04. The number of nitrogens with zero attached hydrogens (tertiary/aromatic N) is 4. The van der Waals surface area contributed by atoms with Gasteiger partial charge in [0.05, 0.1) is 6.54 Å². The summed E-state index contributed by atoms with van der Waals surface area (Å²) in [5.74, 6) is -0.277. The third kappa shape index (κ3) is 6.31. The van der Waals surface area contributed by atoms with Gasteiger partial charge < -0.3 is 15.4 Å². The quantitative estimate of drug-likeness (QED) is 0.599. The molecule has 1 aromatic heterocycles. The van der Waals surface area contributed by atoms with Crippen LogP contribution in [0, 0.1) is 0 Å². The topological polar surface area (TPSA) is 128 Å². The molecule has 2 heterocycles. The maximum atomic E-state index is 11.8. The number of fused-ring (bicyclic) bond motifs is 1. The Bertz CT molecular complexity index is 573. The number of aryl methyl sites for hydroxylation is 1. The van der Waals surface area contributed by atoms with Gasteiger partial charge in [-0.25, -0.2) is 4.68 Å². The smallest absolute Gasteiger partial charge is 0.306 e. The Hall–Kier alpha value is -2.52. The zero-order valence-corrected chi connectivity index (χ0v) is 13.5. The normalized spacial score (nSPS) is 19.2. The number of ether oxygens (including phenoxy) is 1. The zero-order valence-electron chi connectivity index (χ0n) is 13.5. The molecule has 0 spiro atoms. The fourth-order valence-corrected chi connectivity index (χ4v) is 2.24. The van der Waals surface area contributed by atoms with E-state index < -0.39 is 0 Å². The van der Waals surface area contributed by atoms with E-state index in [4.69, 9.17) is 4.74 Å². The summed E-state index contributed by atoms with van der Waals surface area (Å²) >= 11 is 0. The molecule has 10 nitrogen and oxygen atoms in total. The second-order valence-corrected chi connectivity index (χ2v) is 5.52. The highest BCUT2D eigenvalue weighted by atomic mass is 16.5. The van der Waals surface area contributed by atoms with Crippen molar-refractivity contribution < 1.29 is 19.1 Å². The summed E-state index contributed by atoms with van der Waals surface area (Å²) in [7, 11) is 0. The molecule has 1 aliphatic heterocycles. The van der Waals surface area contributed by atoms with Crippen molar-refractivity contribution in [2.75, 3.05) is 13.2 Å². The first kappa shape index (κ1) is 17.8. The van der Waals surface area contributed by atoms with E-state index in [9.17, 15) is 14.4 Å². The lowest BCUT2D eigenvalue weighted by Crippen LogP contribution is -2.31. The van der Waals surface area contributed by atoms with Crippen LogP contribution in [-0.2, 0) is 32.2 Å². The van der Waals surface area contributed by atoms with Gasteiger partial charge in [0.2, 0.25) is 5.91 Å². The number of esters is 1. The molecular formula is C14H22N6O4. The number of hydrogen-bond acceptors (Lipinski definition) is 7. The van der Waals surface area contributed by atoms with Crippen LogP contribution in [0.15, 0.2) is 0 Å². The van der Waals surface area contributed by atoms with Crippen molar-refractivity contribution in [3.63, 3.8) is 0 Å². The van der Waals surface area contributed by atoms with E-state index in [0.29, 0.717) is 31.8 Å². The minimum absolute atomic E-state index is 0.133. The van der Waals surface area contributed by atoms with Gasteiger partial charge in [-0.3, -0.25) is 14.4 Å².